The van der Waals surface area contributed by atoms with Gasteiger partial charge in [-0.2, -0.15) is 5.10 Å². The summed E-state index contributed by atoms with van der Waals surface area (Å²) < 4.78 is 28.6. The minimum Gasteiger partial charge on any atom is -0.280 e. The molecule has 4 rings (SSSR count). The number of benzene rings is 2. The molecule has 0 aliphatic heterocycles. The summed E-state index contributed by atoms with van der Waals surface area (Å²) in [6, 6.07) is 11.8. The molecule has 1 heterocycles. The number of hydrogen-bond acceptors (Lipinski definition) is 4. The zero-order valence-electron chi connectivity index (χ0n) is 15.8. The average Bonchev–Trinajstić information content (AvgIpc) is 2.69. The number of rotatable bonds is 4. The van der Waals surface area contributed by atoms with E-state index in [1.54, 1.807) is 43.3 Å². The SMILES string of the molecule is Cc1ccc(-c2n[nH]c(=O)c3c2CCCC3)cc1S(=O)(=O)Nc1cccc(Cl)c1. The van der Waals surface area contributed by atoms with Gasteiger partial charge in [0, 0.05) is 16.1 Å². The number of anilines is 1. The number of sulfonamides is 1. The average molecular weight is 430 g/mol. The number of nitrogens with one attached hydrogen (secondary N) is 2. The lowest BCUT2D eigenvalue weighted by atomic mass is 9.90. The molecule has 0 bridgehead atoms. The van der Waals surface area contributed by atoms with Crippen LogP contribution in [-0.4, -0.2) is 18.6 Å². The highest BCUT2D eigenvalue weighted by molar-refractivity contribution is 7.92. The molecule has 0 radical (unpaired) electrons. The van der Waals surface area contributed by atoms with Crippen molar-refractivity contribution in [3.63, 3.8) is 0 Å². The summed E-state index contributed by atoms with van der Waals surface area (Å²) in [5, 5.41) is 7.24. The number of nitrogens with zero attached hydrogens (tertiary/aromatic N) is 1. The Morgan fingerprint density at radius 3 is 2.59 bits per heavy atom. The van der Waals surface area contributed by atoms with E-state index in [1.807, 2.05) is 6.07 Å². The van der Waals surface area contributed by atoms with Gasteiger partial charge in [-0.05, 0) is 68.0 Å². The Balaban J connectivity index is 1.79. The summed E-state index contributed by atoms with van der Waals surface area (Å²) in [4.78, 5) is 12.3. The van der Waals surface area contributed by atoms with E-state index in [4.69, 9.17) is 11.6 Å². The second kappa shape index (κ2) is 7.65. The highest BCUT2D eigenvalue weighted by Gasteiger charge is 2.22. The molecule has 0 unspecified atom stereocenters. The Hall–Kier alpha value is -2.64. The van der Waals surface area contributed by atoms with Gasteiger partial charge in [-0.15, -0.1) is 0 Å². The Morgan fingerprint density at radius 1 is 1.07 bits per heavy atom. The van der Waals surface area contributed by atoms with Crippen LogP contribution in [0.25, 0.3) is 11.3 Å². The fraction of sp³-hybridized carbons (Fsp3) is 0.238. The fourth-order valence-electron chi connectivity index (χ4n) is 3.70. The Morgan fingerprint density at radius 2 is 1.83 bits per heavy atom. The molecule has 0 amide bonds. The molecule has 150 valence electrons. The quantitative estimate of drug-likeness (QED) is 0.653. The summed E-state index contributed by atoms with van der Waals surface area (Å²) in [7, 11) is -3.83. The van der Waals surface area contributed by atoms with E-state index >= 15 is 0 Å². The zero-order valence-corrected chi connectivity index (χ0v) is 17.4. The number of aromatic nitrogens is 2. The van der Waals surface area contributed by atoms with Gasteiger partial charge in [-0.1, -0.05) is 29.8 Å². The molecule has 8 heteroatoms. The molecule has 0 saturated carbocycles. The van der Waals surface area contributed by atoms with Gasteiger partial charge in [0.05, 0.1) is 16.3 Å². The second-order valence-corrected chi connectivity index (χ2v) is 9.25. The van der Waals surface area contributed by atoms with E-state index in [0.717, 1.165) is 30.4 Å². The van der Waals surface area contributed by atoms with Crippen LogP contribution >= 0.6 is 11.6 Å². The first-order chi connectivity index (χ1) is 13.8. The smallest absolute Gasteiger partial charge is 0.267 e. The summed E-state index contributed by atoms with van der Waals surface area (Å²) in [5.74, 6) is 0. The maximum atomic E-state index is 13.0. The number of aromatic amines is 1. The van der Waals surface area contributed by atoms with E-state index in [1.165, 1.54) is 0 Å². The van der Waals surface area contributed by atoms with Crippen molar-refractivity contribution >= 4 is 27.3 Å². The van der Waals surface area contributed by atoms with E-state index < -0.39 is 10.0 Å². The van der Waals surface area contributed by atoms with E-state index in [0.29, 0.717) is 34.0 Å². The first-order valence-corrected chi connectivity index (χ1v) is 11.2. The van der Waals surface area contributed by atoms with Crippen molar-refractivity contribution in [2.45, 2.75) is 37.5 Å². The third-order valence-corrected chi connectivity index (χ3v) is 6.88. The van der Waals surface area contributed by atoms with Crippen molar-refractivity contribution in [3.05, 3.63) is 74.5 Å². The monoisotopic (exact) mass is 429 g/mol. The molecule has 29 heavy (non-hydrogen) atoms. The van der Waals surface area contributed by atoms with Gasteiger partial charge < -0.3 is 0 Å². The Kier molecular flexibility index (Phi) is 5.19. The molecular weight excluding hydrogens is 410 g/mol. The Bertz CT molecular complexity index is 1250. The molecule has 0 atom stereocenters. The van der Waals surface area contributed by atoms with Gasteiger partial charge in [0.15, 0.2) is 0 Å². The molecule has 3 aromatic rings. The molecular formula is C21H20ClN3O3S. The number of halogens is 1. The van der Waals surface area contributed by atoms with Crippen molar-refractivity contribution in [1.82, 2.24) is 10.2 Å². The number of fused-ring (bicyclic) bond motifs is 1. The molecule has 0 spiro atoms. The van der Waals surface area contributed by atoms with Crippen LogP contribution in [-0.2, 0) is 22.9 Å². The van der Waals surface area contributed by atoms with Crippen LogP contribution in [0, 0.1) is 6.92 Å². The summed E-state index contributed by atoms with van der Waals surface area (Å²) in [5.41, 5.74) is 3.81. The molecule has 2 N–H and O–H groups in total. The molecule has 6 nitrogen and oxygen atoms in total. The largest absolute Gasteiger partial charge is 0.280 e. The van der Waals surface area contributed by atoms with Crippen LogP contribution < -0.4 is 10.3 Å². The maximum absolute atomic E-state index is 13.0. The summed E-state index contributed by atoms with van der Waals surface area (Å²) in [6.45, 7) is 1.74. The Labute approximate surface area is 174 Å². The van der Waals surface area contributed by atoms with Crippen LogP contribution in [0.5, 0.6) is 0 Å². The lowest BCUT2D eigenvalue weighted by Gasteiger charge is -2.18. The number of H-pyrrole nitrogens is 1. The van der Waals surface area contributed by atoms with Crippen molar-refractivity contribution < 1.29 is 8.42 Å². The predicted molar refractivity (Wildman–Crippen MR) is 114 cm³/mol. The molecule has 0 fully saturated rings. The predicted octanol–water partition coefficient (Wildman–Crippen LogP) is 4.08. The second-order valence-electron chi connectivity index (χ2n) is 7.16. The van der Waals surface area contributed by atoms with Crippen LogP contribution in [0.4, 0.5) is 5.69 Å². The number of hydrogen-bond donors (Lipinski definition) is 2. The standard InChI is InChI=1S/C21H20ClN3O3S/c1-13-9-10-14(20-17-7-2-3-8-18(17)21(26)24-23-20)11-19(13)29(27,28)25-16-6-4-5-15(22)12-16/h4-6,9-12,25H,2-3,7-8H2,1H3,(H,24,26). The molecule has 1 aromatic heterocycles. The van der Waals surface area contributed by atoms with Crippen molar-refractivity contribution in [2.24, 2.45) is 0 Å². The topological polar surface area (TPSA) is 91.9 Å². The van der Waals surface area contributed by atoms with E-state index in [9.17, 15) is 13.2 Å². The van der Waals surface area contributed by atoms with Crippen LogP contribution in [0.3, 0.4) is 0 Å². The van der Waals surface area contributed by atoms with Gasteiger partial charge in [-0.25, -0.2) is 13.5 Å². The van der Waals surface area contributed by atoms with E-state index in [2.05, 4.69) is 14.9 Å². The normalized spacial score (nSPS) is 13.7. The minimum atomic E-state index is -3.83. The lowest BCUT2D eigenvalue weighted by Crippen LogP contribution is -2.21. The van der Waals surface area contributed by atoms with Crippen molar-refractivity contribution in [1.29, 1.82) is 0 Å². The molecule has 1 aliphatic carbocycles. The highest BCUT2D eigenvalue weighted by Crippen LogP contribution is 2.31. The van der Waals surface area contributed by atoms with Crippen molar-refractivity contribution in [3.8, 4) is 11.3 Å². The lowest BCUT2D eigenvalue weighted by molar-refractivity contribution is 0.600. The van der Waals surface area contributed by atoms with E-state index in [-0.39, 0.29) is 10.5 Å². The third-order valence-electron chi connectivity index (χ3n) is 5.12. The van der Waals surface area contributed by atoms with Gasteiger partial charge in [0.2, 0.25) is 0 Å². The van der Waals surface area contributed by atoms with Gasteiger partial charge in [0.25, 0.3) is 15.6 Å². The fourth-order valence-corrected chi connectivity index (χ4v) is 5.21. The third kappa shape index (κ3) is 3.93. The van der Waals surface area contributed by atoms with Crippen LogP contribution in [0.15, 0.2) is 52.2 Å². The molecule has 0 saturated heterocycles. The highest BCUT2D eigenvalue weighted by atomic mass is 35.5. The summed E-state index contributed by atoms with van der Waals surface area (Å²) >= 11 is 5.96. The first kappa shape index (κ1) is 19.7. The van der Waals surface area contributed by atoms with Crippen LogP contribution in [0.1, 0.15) is 29.5 Å². The maximum Gasteiger partial charge on any atom is 0.267 e. The first-order valence-electron chi connectivity index (χ1n) is 9.35. The van der Waals surface area contributed by atoms with Gasteiger partial charge in [-0.3, -0.25) is 9.52 Å². The molecule has 2 aromatic carbocycles. The minimum absolute atomic E-state index is 0.160. The van der Waals surface area contributed by atoms with Gasteiger partial charge >= 0.3 is 0 Å². The summed E-state index contributed by atoms with van der Waals surface area (Å²) in [6.07, 6.45) is 3.43. The molecule has 1 aliphatic rings. The van der Waals surface area contributed by atoms with Crippen LogP contribution in [0.2, 0.25) is 5.02 Å². The number of aryl methyl sites for hydroxylation is 1. The van der Waals surface area contributed by atoms with Crippen molar-refractivity contribution in [2.75, 3.05) is 4.72 Å². The zero-order chi connectivity index (χ0) is 20.6. The van der Waals surface area contributed by atoms with Gasteiger partial charge in [0.1, 0.15) is 0 Å².